The molecule has 2 amide bonds. The molecule has 1 saturated heterocycles. The molecule has 182 valence electrons. The van der Waals surface area contributed by atoms with Crippen molar-refractivity contribution in [3.63, 3.8) is 0 Å². The van der Waals surface area contributed by atoms with Gasteiger partial charge >= 0.3 is 12.1 Å². The Labute approximate surface area is 209 Å². The Balaban J connectivity index is 1.47. The Bertz CT molecular complexity index is 1140. The average Bonchev–Trinajstić information content (AvgIpc) is 3.44. The van der Waals surface area contributed by atoms with Crippen LogP contribution in [0.25, 0.3) is 11.1 Å². The number of nitrogens with one attached hydrogen (secondary N) is 1. The first-order valence-electron chi connectivity index (χ1n) is 11.6. The molecule has 2 aromatic carbocycles. The minimum Gasteiger partial charge on any atom is -0.480 e. The summed E-state index contributed by atoms with van der Waals surface area (Å²) in [6, 6.07) is 14.2. The van der Waals surface area contributed by atoms with Crippen LogP contribution in [0.2, 0.25) is 0 Å². The van der Waals surface area contributed by atoms with E-state index < -0.39 is 30.1 Å². The summed E-state index contributed by atoms with van der Waals surface area (Å²) in [4.78, 5) is 39.3. The predicted octanol–water partition coefficient (Wildman–Crippen LogP) is 4.07. The summed E-state index contributed by atoms with van der Waals surface area (Å²) in [5.41, 5.74) is 4.44. The molecule has 2 aliphatic rings. The van der Waals surface area contributed by atoms with E-state index in [1.807, 2.05) is 43.3 Å². The molecule has 2 aromatic rings. The highest BCUT2D eigenvalue weighted by Crippen LogP contribution is 2.44. The number of carbonyl (C=O) groups is 3. The maximum atomic E-state index is 13.4. The first-order chi connectivity index (χ1) is 17.0. The lowest BCUT2D eigenvalue weighted by molar-refractivity contribution is -0.149. The fraction of sp³-hybridized carbons (Fsp3) is 0.370. The molecule has 8 heteroatoms. The molecule has 0 aromatic heterocycles. The Morgan fingerprint density at radius 1 is 1.14 bits per heavy atom. The molecular weight excluding hydrogens is 464 g/mol. The van der Waals surface area contributed by atoms with Crippen molar-refractivity contribution in [2.75, 3.05) is 12.4 Å². The molecule has 1 fully saturated rings. The van der Waals surface area contributed by atoms with E-state index in [1.165, 1.54) is 16.7 Å². The molecule has 1 heterocycles. The first-order valence-corrected chi connectivity index (χ1v) is 12.7. The van der Waals surface area contributed by atoms with Crippen molar-refractivity contribution in [1.29, 1.82) is 0 Å². The summed E-state index contributed by atoms with van der Waals surface area (Å²) in [6.45, 7) is 3.67. The number of hydrogen-bond donors (Lipinski definition) is 2. The fourth-order valence-corrected chi connectivity index (χ4v) is 6.09. The summed E-state index contributed by atoms with van der Waals surface area (Å²) in [7, 11) is 0. The summed E-state index contributed by atoms with van der Waals surface area (Å²) >= 11 is 1.43. The van der Waals surface area contributed by atoms with Crippen LogP contribution in [0.5, 0.6) is 0 Å². The van der Waals surface area contributed by atoms with E-state index in [0.29, 0.717) is 12.2 Å². The predicted molar refractivity (Wildman–Crippen MR) is 135 cm³/mol. The van der Waals surface area contributed by atoms with Gasteiger partial charge in [-0.3, -0.25) is 4.79 Å². The van der Waals surface area contributed by atoms with Crippen molar-refractivity contribution >= 4 is 29.7 Å². The lowest BCUT2D eigenvalue weighted by Crippen LogP contribution is -2.54. The Kier molecular flexibility index (Phi) is 7.67. The van der Waals surface area contributed by atoms with Crippen LogP contribution in [0.15, 0.2) is 48.5 Å². The SMILES string of the molecule is CC#CCC(NC(=O)OCC1c2ccccc2-c2ccccc21)C(=O)N1C(CC)SCC1C(=O)O. The molecule has 3 unspecified atom stereocenters. The summed E-state index contributed by atoms with van der Waals surface area (Å²) in [6.07, 6.45) is -0.0456. The van der Waals surface area contributed by atoms with Gasteiger partial charge in [-0.05, 0) is 35.6 Å². The number of carboxylic acids is 1. The van der Waals surface area contributed by atoms with Gasteiger partial charge in [-0.1, -0.05) is 55.5 Å². The number of rotatable bonds is 7. The van der Waals surface area contributed by atoms with Gasteiger partial charge < -0.3 is 20.1 Å². The minimum absolute atomic E-state index is 0.0729. The molecule has 0 radical (unpaired) electrons. The number of alkyl carbamates (subject to hydrolysis) is 1. The van der Waals surface area contributed by atoms with Crippen molar-refractivity contribution in [3.8, 4) is 23.0 Å². The second-order valence-electron chi connectivity index (χ2n) is 8.45. The molecule has 0 saturated carbocycles. The topological polar surface area (TPSA) is 95.9 Å². The number of carbonyl (C=O) groups excluding carboxylic acids is 2. The Morgan fingerprint density at radius 3 is 2.34 bits per heavy atom. The van der Waals surface area contributed by atoms with Crippen LogP contribution in [0.4, 0.5) is 4.79 Å². The number of amides is 2. The molecule has 1 aliphatic heterocycles. The van der Waals surface area contributed by atoms with E-state index >= 15 is 0 Å². The maximum absolute atomic E-state index is 13.4. The molecule has 1 aliphatic carbocycles. The van der Waals surface area contributed by atoms with E-state index in [2.05, 4.69) is 29.3 Å². The van der Waals surface area contributed by atoms with Crippen LogP contribution in [0, 0.1) is 11.8 Å². The van der Waals surface area contributed by atoms with Crippen molar-refractivity contribution in [2.24, 2.45) is 0 Å². The molecule has 0 spiro atoms. The van der Waals surface area contributed by atoms with Crippen molar-refractivity contribution in [1.82, 2.24) is 10.2 Å². The number of carboxylic acid groups (broad SMARTS) is 1. The van der Waals surface area contributed by atoms with Gasteiger partial charge in [0.1, 0.15) is 18.7 Å². The third-order valence-corrected chi connectivity index (χ3v) is 7.85. The second-order valence-corrected chi connectivity index (χ2v) is 9.66. The van der Waals surface area contributed by atoms with Gasteiger partial charge in [-0.25, -0.2) is 9.59 Å². The van der Waals surface area contributed by atoms with Gasteiger partial charge in [0.2, 0.25) is 5.91 Å². The molecule has 35 heavy (non-hydrogen) atoms. The standard InChI is InChI=1S/C27H28N2O5S/c1-3-5-14-22(25(30)29-23(26(31)32)16-35-24(29)4-2)28-27(33)34-15-21-19-12-8-6-10-17(19)18-11-7-9-13-20(18)21/h6-13,21-24H,4,14-16H2,1-2H3,(H,28,33)(H,31,32). The maximum Gasteiger partial charge on any atom is 0.407 e. The van der Waals surface area contributed by atoms with Crippen molar-refractivity contribution in [3.05, 3.63) is 59.7 Å². The number of ether oxygens (including phenoxy) is 1. The quantitative estimate of drug-likeness (QED) is 0.566. The van der Waals surface area contributed by atoms with Gasteiger partial charge in [0.15, 0.2) is 0 Å². The molecule has 3 atom stereocenters. The van der Waals surface area contributed by atoms with Crippen LogP contribution in [-0.2, 0) is 14.3 Å². The van der Waals surface area contributed by atoms with Gasteiger partial charge in [0.25, 0.3) is 0 Å². The van der Waals surface area contributed by atoms with Gasteiger partial charge in [-0.15, -0.1) is 23.6 Å². The zero-order chi connectivity index (χ0) is 24.9. The van der Waals surface area contributed by atoms with Gasteiger partial charge in [0, 0.05) is 18.1 Å². The van der Waals surface area contributed by atoms with Crippen LogP contribution in [0.1, 0.15) is 43.7 Å². The van der Waals surface area contributed by atoms with E-state index in [1.54, 1.807) is 6.92 Å². The zero-order valence-corrected chi connectivity index (χ0v) is 20.5. The van der Waals surface area contributed by atoms with Crippen molar-refractivity contribution in [2.45, 2.75) is 50.1 Å². The molecule has 2 N–H and O–H groups in total. The number of fused-ring (bicyclic) bond motifs is 3. The van der Waals surface area contributed by atoms with E-state index in [9.17, 15) is 19.5 Å². The van der Waals surface area contributed by atoms with Crippen LogP contribution in [-0.4, -0.2) is 57.8 Å². The fourth-order valence-electron chi connectivity index (χ4n) is 4.73. The third kappa shape index (κ3) is 5.01. The number of thioether (sulfide) groups is 1. The minimum atomic E-state index is -1.05. The Hall–Kier alpha value is -3.44. The number of benzene rings is 2. The smallest absolute Gasteiger partial charge is 0.407 e. The number of aliphatic carboxylic acids is 1. The molecule has 4 rings (SSSR count). The molecular formula is C27H28N2O5S. The van der Waals surface area contributed by atoms with E-state index in [0.717, 1.165) is 22.3 Å². The summed E-state index contributed by atoms with van der Waals surface area (Å²) < 4.78 is 5.60. The third-order valence-electron chi connectivity index (χ3n) is 6.40. The van der Waals surface area contributed by atoms with Crippen LogP contribution in [0.3, 0.4) is 0 Å². The lowest BCUT2D eigenvalue weighted by atomic mass is 9.98. The highest BCUT2D eigenvalue weighted by atomic mass is 32.2. The van der Waals surface area contributed by atoms with Crippen LogP contribution < -0.4 is 5.32 Å². The van der Waals surface area contributed by atoms with Crippen molar-refractivity contribution < 1.29 is 24.2 Å². The van der Waals surface area contributed by atoms with Gasteiger partial charge in [0.05, 0.1) is 5.37 Å². The zero-order valence-electron chi connectivity index (χ0n) is 19.7. The summed E-state index contributed by atoms with van der Waals surface area (Å²) in [5, 5.41) is 12.0. The normalized spacial score (nSPS) is 19.2. The average molecular weight is 493 g/mol. The molecule has 0 bridgehead atoms. The largest absolute Gasteiger partial charge is 0.480 e. The van der Waals surface area contributed by atoms with Crippen LogP contribution >= 0.6 is 11.8 Å². The number of hydrogen-bond acceptors (Lipinski definition) is 5. The monoisotopic (exact) mass is 492 g/mol. The highest BCUT2D eigenvalue weighted by molar-refractivity contribution is 8.00. The lowest BCUT2D eigenvalue weighted by Gasteiger charge is -2.30. The van der Waals surface area contributed by atoms with E-state index in [4.69, 9.17) is 4.74 Å². The number of nitrogens with zero attached hydrogens (tertiary/aromatic N) is 1. The second kappa shape index (κ2) is 10.9. The first kappa shape index (κ1) is 24.7. The Morgan fingerprint density at radius 2 is 1.77 bits per heavy atom. The highest BCUT2D eigenvalue weighted by Gasteiger charge is 2.43. The molecule has 7 nitrogen and oxygen atoms in total. The van der Waals surface area contributed by atoms with Gasteiger partial charge in [-0.2, -0.15) is 0 Å². The summed E-state index contributed by atoms with van der Waals surface area (Å²) in [5.74, 6) is 4.28. The van der Waals surface area contributed by atoms with E-state index in [-0.39, 0.29) is 24.3 Å².